The standard InChI is InChI=1S/C30H32FNO6/c1-30(2,3)37-29(35)38-32-17-16-25(22-12-14-23(31)15-13-22)27(18-32)36-19-20-8-10-21(11-9-20)24-6-4-5-7-26(24)28(33)34/h4-15,25,27H,16-19H2,1-3H3,(H,33,34). The Balaban J connectivity index is 1.47. The van der Waals surface area contributed by atoms with Crippen molar-refractivity contribution < 1.29 is 33.4 Å². The van der Waals surface area contributed by atoms with Gasteiger partial charge in [-0.3, -0.25) is 0 Å². The normalized spacial score (nSPS) is 18.1. The van der Waals surface area contributed by atoms with E-state index in [4.69, 9.17) is 14.3 Å². The van der Waals surface area contributed by atoms with Crippen LogP contribution in [-0.2, 0) is 20.9 Å². The summed E-state index contributed by atoms with van der Waals surface area (Å²) in [6.45, 7) is 6.42. The predicted octanol–water partition coefficient (Wildman–Crippen LogP) is 6.43. The van der Waals surface area contributed by atoms with E-state index in [1.54, 1.807) is 56.2 Å². The lowest BCUT2D eigenvalue weighted by molar-refractivity contribution is -0.179. The zero-order valence-electron chi connectivity index (χ0n) is 21.7. The first kappa shape index (κ1) is 27.3. The zero-order chi connectivity index (χ0) is 27.3. The molecule has 8 heteroatoms. The first-order valence-electron chi connectivity index (χ1n) is 12.5. The highest BCUT2D eigenvalue weighted by molar-refractivity contribution is 5.95. The van der Waals surface area contributed by atoms with E-state index in [9.17, 15) is 19.1 Å². The SMILES string of the molecule is CC(C)(C)OC(=O)ON1CCC(c2ccc(F)cc2)C(OCc2ccc(-c3ccccc3C(=O)O)cc2)C1. The number of carboxylic acids is 1. The number of nitrogens with zero attached hydrogens (tertiary/aromatic N) is 1. The minimum atomic E-state index is -0.977. The molecule has 0 aromatic heterocycles. The van der Waals surface area contributed by atoms with Gasteiger partial charge in [-0.15, -0.1) is 5.06 Å². The van der Waals surface area contributed by atoms with Gasteiger partial charge in [0.05, 0.1) is 24.8 Å². The van der Waals surface area contributed by atoms with Crippen LogP contribution in [0.1, 0.15) is 54.6 Å². The molecule has 0 saturated carbocycles. The van der Waals surface area contributed by atoms with Gasteiger partial charge in [-0.1, -0.05) is 54.6 Å². The number of ether oxygens (including phenoxy) is 2. The second-order valence-corrected chi connectivity index (χ2v) is 10.3. The van der Waals surface area contributed by atoms with E-state index >= 15 is 0 Å². The largest absolute Gasteiger partial charge is 0.528 e. The Morgan fingerprint density at radius 2 is 1.68 bits per heavy atom. The second-order valence-electron chi connectivity index (χ2n) is 10.3. The third-order valence-corrected chi connectivity index (χ3v) is 6.30. The number of hydroxylamine groups is 2. The van der Waals surface area contributed by atoms with Crippen molar-refractivity contribution in [3.63, 3.8) is 0 Å². The fraction of sp³-hybridized carbons (Fsp3) is 0.333. The minimum absolute atomic E-state index is 0.0178. The van der Waals surface area contributed by atoms with Crippen LogP contribution in [0, 0.1) is 5.82 Å². The van der Waals surface area contributed by atoms with Gasteiger partial charge in [-0.2, -0.15) is 0 Å². The molecule has 1 saturated heterocycles. The van der Waals surface area contributed by atoms with E-state index in [1.165, 1.54) is 12.1 Å². The summed E-state index contributed by atoms with van der Waals surface area (Å²) < 4.78 is 25.1. The molecule has 0 aliphatic carbocycles. The highest BCUT2D eigenvalue weighted by Crippen LogP contribution is 2.32. The monoisotopic (exact) mass is 521 g/mol. The van der Waals surface area contributed by atoms with Crippen LogP contribution in [0.15, 0.2) is 72.8 Å². The summed E-state index contributed by atoms with van der Waals surface area (Å²) >= 11 is 0. The Kier molecular flexibility index (Phi) is 8.44. The lowest BCUT2D eigenvalue weighted by Gasteiger charge is -2.37. The van der Waals surface area contributed by atoms with Gasteiger partial charge in [0.2, 0.25) is 0 Å². The Morgan fingerprint density at radius 3 is 2.34 bits per heavy atom. The van der Waals surface area contributed by atoms with Crippen molar-refractivity contribution in [2.24, 2.45) is 0 Å². The molecule has 1 aliphatic rings. The lowest BCUT2D eigenvalue weighted by Crippen LogP contribution is -2.45. The first-order chi connectivity index (χ1) is 18.1. The van der Waals surface area contributed by atoms with Crippen molar-refractivity contribution in [2.45, 2.75) is 51.4 Å². The van der Waals surface area contributed by atoms with Crippen LogP contribution >= 0.6 is 0 Å². The van der Waals surface area contributed by atoms with Crippen LogP contribution < -0.4 is 0 Å². The number of carboxylic acid groups (broad SMARTS) is 1. The Hall–Kier alpha value is -3.75. The quantitative estimate of drug-likeness (QED) is 0.359. The molecule has 2 atom stereocenters. The molecule has 200 valence electrons. The maximum atomic E-state index is 13.5. The van der Waals surface area contributed by atoms with Crippen molar-refractivity contribution in [3.05, 3.63) is 95.3 Å². The summed E-state index contributed by atoms with van der Waals surface area (Å²) in [6, 6.07) is 20.8. The van der Waals surface area contributed by atoms with Gasteiger partial charge in [0.25, 0.3) is 0 Å². The molecule has 0 spiro atoms. The number of benzene rings is 3. The van der Waals surface area contributed by atoms with Gasteiger partial charge in [-0.05, 0) is 67.6 Å². The first-order valence-corrected chi connectivity index (χ1v) is 12.5. The van der Waals surface area contributed by atoms with Gasteiger partial charge in [0, 0.05) is 12.5 Å². The maximum absolute atomic E-state index is 13.5. The fourth-order valence-corrected chi connectivity index (χ4v) is 4.51. The summed E-state index contributed by atoms with van der Waals surface area (Å²) in [5, 5.41) is 11.0. The van der Waals surface area contributed by atoms with Crippen LogP contribution in [0.3, 0.4) is 0 Å². The van der Waals surface area contributed by atoms with E-state index in [2.05, 4.69) is 0 Å². The van der Waals surface area contributed by atoms with Gasteiger partial charge < -0.3 is 19.4 Å². The predicted molar refractivity (Wildman–Crippen MR) is 140 cm³/mol. The molecule has 4 rings (SSSR count). The smallest absolute Gasteiger partial charge is 0.478 e. The molecule has 38 heavy (non-hydrogen) atoms. The maximum Gasteiger partial charge on any atom is 0.528 e. The third kappa shape index (κ3) is 7.18. The molecule has 0 radical (unpaired) electrons. The Morgan fingerprint density at radius 1 is 1.00 bits per heavy atom. The van der Waals surface area contributed by atoms with Crippen molar-refractivity contribution in [2.75, 3.05) is 13.1 Å². The average Bonchev–Trinajstić information content (AvgIpc) is 2.87. The molecule has 1 heterocycles. The number of aromatic carboxylic acids is 1. The molecule has 1 fully saturated rings. The second kappa shape index (κ2) is 11.8. The van der Waals surface area contributed by atoms with Crippen molar-refractivity contribution in [1.29, 1.82) is 0 Å². The number of piperidine rings is 1. The lowest BCUT2D eigenvalue weighted by atomic mass is 9.87. The number of carbonyl (C=O) groups is 2. The molecule has 1 aliphatic heterocycles. The van der Waals surface area contributed by atoms with E-state index in [1.807, 2.05) is 30.3 Å². The molecule has 3 aromatic carbocycles. The van der Waals surface area contributed by atoms with Gasteiger partial charge in [0.1, 0.15) is 11.4 Å². The summed E-state index contributed by atoms with van der Waals surface area (Å²) in [5.74, 6) is -1.30. The summed E-state index contributed by atoms with van der Waals surface area (Å²) in [7, 11) is 0. The van der Waals surface area contributed by atoms with Gasteiger partial charge in [0.15, 0.2) is 0 Å². The molecule has 2 unspecified atom stereocenters. The van der Waals surface area contributed by atoms with E-state index < -0.39 is 17.7 Å². The summed E-state index contributed by atoms with van der Waals surface area (Å²) in [6.07, 6.45) is -0.456. The van der Waals surface area contributed by atoms with Crippen LogP contribution in [0.25, 0.3) is 11.1 Å². The molecule has 1 N–H and O–H groups in total. The summed E-state index contributed by atoms with van der Waals surface area (Å²) in [4.78, 5) is 29.2. The molecule has 7 nitrogen and oxygen atoms in total. The van der Waals surface area contributed by atoms with Crippen molar-refractivity contribution in [3.8, 4) is 11.1 Å². The zero-order valence-corrected chi connectivity index (χ0v) is 21.7. The van der Waals surface area contributed by atoms with Crippen LogP contribution in [0.2, 0.25) is 0 Å². The number of rotatable bonds is 7. The van der Waals surface area contributed by atoms with Gasteiger partial charge >= 0.3 is 12.1 Å². The van der Waals surface area contributed by atoms with Gasteiger partial charge in [-0.25, -0.2) is 14.0 Å². The minimum Gasteiger partial charge on any atom is -0.478 e. The van der Waals surface area contributed by atoms with Crippen LogP contribution in [0.4, 0.5) is 9.18 Å². The third-order valence-electron chi connectivity index (χ3n) is 6.30. The van der Waals surface area contributed by atoms with Crippen LogP contribution in [0.5, 0.6) is 0 Å². The fourth-order valence-electron chi connectivity index (χ4n) is 4.51. The molecular formula is C30H32FNO6. The number of halogens is 1. The van der Waals surface area contributed by atoms with E-state index in [-0.39, 0.29) is 23.4 Å². The summed E-state index contributed by atoms with van der Waals surface area (Å²) in [5.41, 5.74) is 2.87. The number of hydrogen-bond donors (Lipinski definition) is 1. The van der Waals surface area contributed by atoms with Crippen LogP contribution in [-0.4, -0.2) is 47.1 Å². The number of carbonyl (C=O) groups excluding carboxylic acids is 1. The van der Waals surface area contributed by atoms with E-state index in [0.717, 1.165) is 16.7 Å². The topological polar surface area (TPSA) is 85.3 Å². The molecule has 3 aromatic rings. The Bertz CT molecular complexity index is 1250. The molecule has 0 bridgehead atoms. The highest BCUT2D eigenvalue weighted by atomic mass is 19.1. The average molecular weight is 522 g/mol. The Labute approximate surface area is 221 Å². The molecule has 0 amide bonds. The van der Waals surface area contributed by atoms with Crippen molar-refractivity contribution >= 4 is 12.1 Å². The highest BCUT2D eigenvalue weighted by Gasteiger charge is 2.34. The van der Waals surface area contributed by atoms with Crippen molar-refractivity contribution in [1.82, 2.24) is 5.06 Å². The number of hydrogen-bond acceptors (Lipinski definition) is 6. The van der Waals surface area contributed by atoms with E-state index in [0.29, 0.717) is 31.7 Å². The molecular weight excluding hydrogens is 489 g/mol.